The van der Waals surface area contributed by atoms with Crippen LogP contribution in [0.2, 0.25) is 0 Å². The van der Waals surface area contributed by atoms with Gasteiger partial charge in [0.05, 0.1) is 25.7 Å². The van der Waals surface area contributed by atoms with Gasteiger partial charge in [-0.15, -0.1) is 0 Å². The summed E-state index contributed by atoms with van der Waals surface area (Å²) in [5, 5.41) is 21.7. The van der Waals surface area contributed by atoms with E-state index in [0.29, 0.717) is 29.2 Å². The number of ether oxygens (including phenoxy) is 3. The molecule has 0 bridgehead atoms. The van der Waals surface area contributed by atoms with Crippen molar-refractivity contribution in [2.24, 2.45) is 0 Å². The number of nitro groups is 1. The number of nitrogens with zero attached hydrogens (tertiary/aromatic N) is 1. The van der Waals surface area contributed by atoms with Crippen LogP contribution in [0.5, 0.6) is 17.2 Å². The van der Waals surface area contributed by atoms with Crippen LogP contribution in [0, 0.1) is 10.1 Å². The summed E-state index contributed by atoms with van der Waals surface area (Å²) in [7, 11) is 2.89. The molecule has 0 aliphatic rings. The maximum atomic E-state index is 11.1. The average Bonchev–Trinajstić information content (AvgIpc) is 2.60. The number of hydrogen-bond acceptors (Lipinski definition) is 6. The van der Waals surface area contributed by atoms with Crippen molar-refractivity contribution in [3.8, 4) is 17.2 Å². The number of hydrogen-bond donors (Lipinski definition) is 1. The molecule has 7 heteroatoms. The van der Waals surface area contributed by atoms with Crippen LogP contribution in [-0.2, 0) is 0 Å². The van der Waals surface area contributed by atoms with Gasteiger partial charge in [-0.25, -0.2) is 0 Å². The molecule has 0 heterocycles. The first-order chi connectivity index (χ1) is 11.5. The Morgan fingerprint density at radius 2 is 1.62 bits per heavy atom. The number of nitro benzene ring substituents is 1. The van der Waals surface area contributed by atoms with Gasteiger partial charge in [-0.1, -0.05) is 12.1 Å². The fourth-order valence-electron chi connectivity index (χ4n) is 2.34. The van der Waals surface area contributed by atoms with Crippen molar-refractivity contribution < 1.29 is 24.2 Å². The molecule has 0 unspecified atom stereocenters. The van der Waals surface area contributed by atoms with Gasteiger partial charge in [-0.3, -0.25) is 10.1 Å². The summed E-state index contributed by atoms with van der Waals surface area (Å²) in [6.07, 6.45) is -1.04. The molecule has 2 aromatic carbocycles. The molecule has 0 spiro atoms. The van der Waals surface area contributed by atoms with Gasteiger partial charge >= 0.3 is 5.69 Å². The Labute approximate surface area is 139 Å². The normalized spacial score (nSPS) is 11.7. The minimum Gasteiger partial charge on any atom is -0.493 e. The molecule has 0 fully saturated rings. The highest BCUT2D eigenvalue weighted by molar-refractivity contribution is 5.51. The first-order valence-corrected chi connectivity index (χ1v) is 7.33. The van der Waals surface area contributed by atoms with Crippen molar-refractivity contribution >= 4 is 5.69 Å². The van der Waals surface area contributed by atoms with E-state index in [1.807, 2.05) is 6.92 Å². The molecule has 24 heavy (non-hydrogen) atoms. The van der Waals surface area contributed by atoms with Crippen molar-refractivity contribution in [2.75, 3.05) is 20.8 Å². The highest BCUT2D eigenvalue weighted by atomic mass is 16.6. The molecule has 1 atom stereocenters. The predicted octanol–water partition coefficient (Wildman–Crippen LogP) is 3.09. The van der Waals surface area contributed by atoms with E-state index in [9.17, 15) is 15.2 Å². The zero-order valence-electron chi connectivity index (χ0n) is 13.7. The van der Waals surface area contributed by atoms with Crippen LogP contribution in [0.25, 0.3) is 0 Å². The first-order valence-electron chi connectivity index (χ1n) is 7.33. The molecule has 0 aromatic heterocycles. The van der Waals surface area contributed by atoms with Crippen LogP contribution < -0.4 is 14.2 Å². The van der Waals surface area contributed by atoms with E-state index in [4.69, 9.17) is 14.2 Å². The summed E-state index contributed by atoms with van der Waals surface area (Å²) < 4.78 is 15.7. The van der Waals surface area contributed by atoms with Crippen molar-refractivity contribution in [2.45, 2.75) is 13.0 Å². The number of rotatable bonds is 7. The van der Waals surface area contributed by atoms with Crippen molar-refractivity contribution in [1.29, 1.82) is 0 Å². The summed E-state index contributed by atoms with van der Waals surface area (Å²) in [6, 6.07) is 9.37. The third-order valence-electron chi connectivity index (χ3n) is 3.52. The Bertz CT molecular complexity index is 731. The second-order valence-corrected chi connectivity index (χ2v) is 4.93. The standard InChI is InChI=1S/C17H19NO6/c1-4-24-16-10-12(6-8-15(16)23-3)17(19)11-5-7-14(22-2)13(9-11)18(20)21/h5-10,17,19H,4H2,1-3H3/t17-/m0/s1. The van der Waals surface area contributed by atoms with Gasteiger partial charge in [0.2, 0.25) is 0 Å². The largest absolute Gasteiger partial charge is 0.493 e. The van der Waals surface area contributed by atoms with E-state index < -0.39 is 11.0 Å². The van der Waals surface area contributed by atoms with Crippen LogP contribution in [0.1, 0.15) is 24.2 Å². The average molecular weight is 333 g/mol. The minimum atomic E-state index is -1.04. The second kappa shape index (κ2) is 7.65. The lowest BCUT2D eigenvalue weighted by Gasteiger charge is -2.15. The quantitative estimate of drug-likeness (QED) is 0.618. The van der Waals surface area contributed by atoms with Gasteiger partial charge in [0.15, 0.2) is 17.2 Å². The molecule has 7 nitrogen and oxygen atoms in total. The van der Waals surface area contributed by atoms with E-state index >= 15 is 0 Å². The Morgan fingerprint density at radius 3 is 2.17 bits per heavy atom. The smallest absolute Gasteiger partial charge is 0.311 e. The zero-order chi connectivity index (χ0) is 17.7. The molecular formula is C17H19NO6. The highest BCUT2D eigenvalue weighted by Gasteiger charge is 2.20. The van der Waals surface area contributed by atoms with E-state index in [-0.39, 0.29) is 11.4 Å². The molecular weight excluding hydrogens is 314 g/mol. The molecule has 2 rings (SSSR count). The summed E-state index contributed by atoms with van der Waals surface area (Å²) in [5.74, 6) is 1.19. The van der Waals surface area contributed by atoms with Gasteiger partial charge in [0, 0.05) is 6.07 Å². The lowest BCUT2D eigenvalue weighted by Crippen LogP contribution is -2.03. The Balaban J connectivity index is 2.41. The predicted molar refractivity (Wildman–Crippen MR) is 87.9 cm³/mol. The summed E-state index contributed by atoms with van der Waals surface area (Å²) >= 11 is 0. The van der Waals surface area contributed by atoms with E-state index in [1.165, 1.54) is 26.4 Å². The molecule has 0 amide bonds. The van der Waals surface area contributed by atoms with Crippen LogP contribution in [-0.4, -0.2) is 30.9 Å². The van der Waals surface area contributed by atoms with Gasteiger partial charge in [-0.2, -0.15) is 0 Å². The van der Waals surface area contributed by atoms with Crippen LogP contribution in [0.3, 0.4) is 0 Å². The van der Waals surface area contributed by atoms with Crippen LogP contribution >= 0.6 is 0 Å². The summed E-state index contributed by atoms with van der Waals surface area (Å²) in [4.78, 5) is 10.6. The van der Waals surface area contributed by atoms with Crippen molar-refractivity contribution in [1.82, 2.24) is 0 Å². The van der Waals surface area contributed by atoms with Gasteiger partial charge in [0.25, 0.3) is 0 Å². The monoisotopic (exact) mass is 333 g/mol. The van der Waals surface area contributed by atoms with Crippen molar-refractivity contribution in [3.05, 3.63) is 57.6 Å². The fourth-order valence-corrected chi connectivity index (χ4v) is 2.34. The highest BCUT2D eigenvalue weighted by Crippen LogP contribution is 2.35. The maximum absolute atomic E-state index is 11.1. The second-order valence-electron chi connectivity index (χ2n) is 4.93. The molecule has 0 saturated heterocycles. The van der Waals surface area contributed by atoms with Gasteiger partial charge in [0.1, 0.15) is 6.10 Å². The molecule has 128 valence electrons. The zero-order valence-corrected chi connectivity index (χ0v) is 13.7. The fraction of sp³-hybridized carbons (Fsp3) is 0.294. The molecule has 0 aliphatic carbocycles. The summed E-state index contributed by atoms with van der Waals surface area (Å²) in [6.45, 7) is 2.29. The lowest BCUT2D eigenvalue weighted by atomic mass is 10.0. The Kier molecular flexibility index (Phi) is 5.59. The van der Waals surface area contributed by atoms with Crippen LogP contribution in [0.15, 0.2) is 36.4 Å². The number of methoxy groups -OCH3 is 2. The van der Waals surface area contributed by atoms with Crippen molar-refractivity contribution in [3.63, 3.8) is 0 Å². The first kappa shape index (κ1) is 17.6. The van der Waals surface area contributed by atoms with E-state index in [1.54, 1.807) is 24.3 Å². The minimum absolute atomic E-state index is 0.140. The van der Waals surface area contributed by atoms with Gasteiger partial charge < -0.3 is 19.3 Å². The lowest BCUT2D eigenvalue weighted by molar-refractivity contribution is -0.385. The van der Waals surface area contributed by atoms with E-state index in [2.05, 4.69) is 0 Å². The molecule has 0 radical (unpaired) electrons. The Hall–Kier alpha value is -2.80. The maximum Gasteiger partial charge on any atom is 0.311 e. The number of benzene rings is 2. The topological polar surface area (TPSA) is 91.1 Å². The third kappa shape index (κ3) is 3.57. The third-order valence-corrected chi connectivity index (χ3v) is 3.52. The van der Waals surface area contributed by atoms with E-state index in [0.717, 1.165) is 0 Å². The number of aliphatic hydroxyl groups is 1. The van der Waals surface area contributed by atoms with Gasteiger partial charge in [-0.05, 0) is 36.2 Å². The van der Waals surface area contributed by atoms with Crippen LogP contribution in [0.4, 0.5) is 5.69 Å². The molecule has 0 aliphatic heterocycles. The molecule has 2 aromatic rings. The number of aliphatic hydroxyl groups excluding tert-OH is 1. The molecule has 0 saturated carbocycles. The SMILES string of the molecule is CCOc1cc([C@@H](O)c2ccc(OC)c([N+](=O)[O-])c2)ccc1OC. The Morgan fingerprint density at radius 1 is 1.04 bits per heavy atom. The summed E-state index contributed by atoms with van der Waals surface area (Å²) in [5.41, 5.74) is 0.724. The molecule has 1 N–H and O–H groups in total.